The number of hydrogen-bond donors (Lipinski definition) is 2. The lowest BCUT2D eigenvalue weighted by molar-refractivity contribution is 0.122. The molecule has 2 aromatic rings. The Morgan fingerprint density at radius 2 is 1.83 bits per heavy atom. The second-order valence-corrected chi connectivity index (χ2v) is 5.24. The maximum atomic E-state index is 14.2. The van der Waals surface area contributed by atoms with Gasteiger partial charge in [-0.15, -0.1) is 0 Å². The first kappa shape index (κ1) is 15.3. The van der Waals surface area contributed by atoms with Crippen molar-refractivity contribution in [2.75, 3.05) is 31.2 Å². The molecule has 120 valence electrons. The van der Waals surface area contributed by atoms with Crippen LogP contribution in [0.2, 0.25) is 0 Å². The van der Waals surface area contributed by atoms with Gasteiger partial charge in [0.25, 0.3) is 0 Å². The summed E-state index contributed by atoms with van der Waals surface area (Å²) in [4.78, 5) is 6.14. The third-order valence-corrected chi connectivity index (χ3v) is 3.65. The molecule has 0 spiro atoms. The molecule has 0 aliphatic carbocycles. The van der Waals surface area contributed by atoms with Gasteiger partial charge in [0, 0.05) is 25.4 Å². The van der Waals surface area contributed by atoms with E-state index in [1.165, 1.54) is 24.4 Å². The van der Waals surface area contributed by atoms with E-state index in [0.29, 0.717) is 43.2 Å². The minimum Gasteiger partial charge on any atom is -0.504 e. The van der Waals surface area contributed by atoms with E-state index in [2.05, 4.69) is 4.99 Å². The van der Waals surface area contributed by atoms with Crippen LogP contribution in [0.3, 0.4) is 0 Å². The van der Waals surface area contributed by atoms with E-state index in [-0.39, 0.29) is 17.3 Å². The smallest absolute Gasteiger partial charge is 0.158 e. The number of hydrogen-bond acceptors (Lipinski definition) is 5. The van der Waals surface area contributed by atoms with Gasteiger partial charge in [0.05, 0.1) is 24.6 Å². The number of aromatic hydroxyl groups is 2. The van der Waals surface area contributed by atoms with Gasteiger partial charge >= 0.3 is 0 Å². The van der Waals surface area contributed by atoms with Gasteiger partial charge in [0.1, 0.15) is 5.82 Å². The molecule has 6 heteroatoms. The second kappa shape index (κ2) is 6.66. The lowest BCUT2D eigenvalue weighted by Crippen LogP contribution is -2.36. The first-order chi connectivity index (χ1) is 11.1. The first-order valence-corrected chi connectivity index (χ1v) is 7.32. The number of rotatable bonds is 3. The summed E-state index contributed by atoms with van der Waals surface area (Å²) < 4.78 is 19.5. The highest BCUT2D eigenvalue weighted by Crippen LogP contribution is 2.26. The highest BCUT2D eigenvalue weighted by atomic mass is 19.1. The summed E-state index contributed by atoms with van der Waals surface area (Å²) in [7, 11) is 0. The Bertz CT molecular complexity index is 728. The number of anilines is 1. The van der Waals surface area contributed by atoms with Crippen LogP contribution in [0, 0.1) is 5.82 Å². The molecule has 0 radical (unpaired) electrons. The Labute approximate surface area is 133 Å². The summed E-state index contributed by atoms with van der Waals surface area (Å²) in [6.45, 7) is 2.55. The van der Waals surface area contributed by atoms with E-state index >= 15 is 0 Å². The lowest BCUT2D eigenvalue weighted by atomic mass is 10.2. The Hall–Kier alpha value is -2.60. The zero-order valence-corrected chi connectivity index (χ0v) is 12.4. The van der Waals surface area contributed by atoms with Gasteiger partial charge in [0.2, 0.25) is 0 Å². The standard InChI is InChI=1S/C17H17FN2O3/c18-14-10-13(2-3-15(14)20-5-7-23-8-6-20)19-11-12-1-4-16(21)17(22)9-12/h1-4,9-11,21-22H,5-8H2. The normalized spacial score (nSPS) is 15.3. The summed E-state index contributed by atoms with van der Waals surface area (Å²) in [6.07, 6.45) is 1.50. The molecular weight excluding hydrogens is 299 g/mol. The Balaban J connectivity index is 1.76. The summed E-state index contributed by atoms with van der Waals surface area (Å²) in [5, 5.41) is 18.7. The zero-order chi connectivity index (χ0) is 16.2. The Morgan fingerprint density at radius 1 is 1.04 bits per heavy atom. The quantitative estimate of drug-likeness (QED) is 0.675. The number of halogens is 1. The summed E-state index contributed by atoms with van der Waals surface area (Å²) in [5.74, 6) is -0.735. The SMILES string of the molecule is Oc1ccc(C=Nc2ccc(N3CCOCC3)c(F)c2)cc1O. The third kappa shape index (κ3) is 3.60. The maximum Gasteiger partial charge on any atom is 0.158 e. The Kier molecular flexibility index (Phi) is 4.43. The Morgan fingerprint density at radius 3 is 2.52 bits per heavy atom. The van der Waals surface area contributed by atoms with E-state index in [1.807, 2.05) is 4.90 Å². The van der Waals surface area contributed by atoms with Crippen LogP contribution in [0.25, 0.3) is 0 Å². The van der Waals surface area contributed by atoms with Crippen LogP contribution >= 0.6 is 0 Å². The zero-order valence-electron chi connectivity index (χ0n) is 12.4. The van der Waals surface area contributed by atoms with Crippen LogP contribution in [0.5, 0.6) is 11.5 Å². The van der Waals surface area contributed by atoms with E-state index in [1.54, 1.807) is 18.2 Å². The predicted octanol–water partition coefficient (Wildman–Crippen LogP) is 2.82. The van der Waals surface area contributed by atoms with Crippen molar-refractivity contribution >= 4 is 17.6 Å². The summed E-state index contributed by atoms with van der Waals surface area (Å²) in [6, 6.07) is 9.20. The fourth-order valence-electron chi connectivity index (χ4n) is 2.41. The molecule has 0 saturated carbocycles. The number of nitrogens with zero attached hydrogens (tertiary/aromatic N) is 2. The van der Waals surface area contributed by atoms with E-state index in [9.17, 15) is 14.6 Å². The van der Waals surface area contributed by atoms with Gasteiger partial charge in [-0.05, 0) is 35.9 Å². The number of ether oxygens (including phenoxy) is 1. The molecule has 1 fully saturated rings. The van der Waals surface area contributed by atoms with Crippen molar-refractivity contribution < 1.29 is 19.3 Å². The topological polar surface area (TPSA) is 65.3 Å². The molecule has 1 aliphatic rings. The number of morpholine rings is 1. The number of aliphatic imine (C=N–C) groups is 1. The molecule has 0 unspecified atom stereocenters. The van der Waals surface area contributed by atoms with Crippen molar-refractivity contribution in [1.82, 2.24) is 0 Å². The molecule has 0 bridgehead atoms. The minimum atomic E-state index is -0.324. The predicted molar refractivity (Wildman–Crippen MR) is 86.5 cm³/mol. The molecule has 1 heterocycles. The lowest BCUT2D eigenvalue weighted by Gasteiger charge is -2.29. The van der Waals surface area contributed by atoms with Crippen molar-refractivity contribution in [3.05, 3.63) is 47.8 Å². The molecule has 2 N–H and O–H groups in total. The monoisotopic (exact) mass is 316 g/mol. The van der Waals surface area contributed by atoms with Crippen LogP contribution in [0.1, 0.15) is 5.56 Å². The molecule has 1 saturated heterocycles. The van der Waals surface area contributed by atoms with Gasteiger partial charge < -0.3 is 19.8 Å². The number of phenols is 2. The van der Waals surface area contributed by atoms with Gasteiger partial charge in [0.15, 0.2) is 11.5 Å². The molecule has 1 aliphatic heterocycles. The van der Waals surface area contributed by atoms with Gasteiger partial charge in [-0.1, -0.05) is 0 Å². The minimum absolute atomic E-state index is 0.192. The maximum absolute atomic E-state index is 14.2. The van der Waals surface area contributed by atoms with Crippen LogP contribution in [0.15, 0.2) is 41.4 Å². The average molecular weight is 316 g/mol. The molecule has 3 rings (SSSR count). The fourth-order valence-corrected chi connectivity index (χ4v) is 2.41. The van der Waals surface area contributed by atoms with Crippen molar-refractivity contribution in [2.45, 2.75) is 0 Å². The molecule has 0 atom stereocenters. The highest BCUT2D eigenvalue weighted by molar-refractivity contribution is 5.83. The van der Waals surface area contributed by atoms with Crippen LogP contribution in [-0.2, 0) is 4.74 Å². The number of benzene rings is 2. The van der Waals surface area contributed by atoms with E-state index < -0.39 is 0 Å². The molecule has 0 aromatic heterocycles. The van der Waals surface area contributed by atoms with Crippen molar-refractivity contribution in [3.63, 3.8) is 0 Å². The van der Waals surface area contributed by atoms with Crippen LogP contribution in [-0.4, -0.2) is 42.7 Å². The molecule has 5 nitrogen and oxygen atoms in total. The van der Waals surface area contributed by atoms with Crippen molar-refractivity contribution in [1.29, 1.82) is 0 Å². The summed E-state index contributed by atoms with van der Waals surface area (Å²) in [5.41, 5.74) is 1.64. The van der Waals surface area contributed by atoms with E-state index in [4.69, 9.17) is 4.74 Å². The highest BCUT2D eigenvalue weighted by Gasteiger charge is 2.15. The summed E-state index contributed by atoms with van der Waals surface area (Å²) >= 11 is 0. The van der Waals surface area contributed by atoms with Crippen LogP contribution < -0.4 is 4.90 Å². The van der Waals surface area contributed by atoms with E-state index in [0.717, 1.165) is 0 Å². The first-order valence-electron chi connectivity index (χ1n) is 7.32. The molecule has 23 heavy (non-hydrogen) atoms. The molecule has 0 amide bonds. The van der Waals surface area contributed by atoms with Gasteiger partial charge in [-0.3, -0.25) is 4.99 Å². The van der Waals surface area contributed by atoms with Gasteiger partial charge in [-0.2, -0.15) is 0 Å². The fraction of sp³-hybridized carbons (Fsp3) is 0.235. The second-order valence-electron chi connectivity index (χ2n) is 5.24. The number of phenolic OH excluding ortho intramolecular Hbond substituents is 2. The molecule has 2 aromatic carbocycles. The largest absolute Gasteiger partial charge is 0.504 e. The third-order valence-electron chi connectivity index (χ3n) is 3.65. The average Bonchev–Trinajstić information content (AvgIpc) is 2.57. The van der Waals surface area contributed by atoms with Crippen molar-refractivity contribution in [2.24, 2.45) is 4.99 Å². The molecular formula is C17H17FN2O3. The van der Waals surface area contributed by atoms with Crippen LogP contribution in [0.4, 0.5) is 15.8 Å². The van der Waals surface area contributed by atoms with Gasteiger partial charge in [-0.25, -0.2) is 4.39 Å². The van der Waals surface area contributed by atoms with Crippen molar-refractivity contribution in [3.8, 4) is 11.5 Å².